The molecule has 8 heteroatoms. The SMILES string of the molecule is CC(C)CCC[C@@H](C)[C@H]1CC[C@H]2[C@@H]3C(O)C(O)=C4C[C@@H](O[C@H]5O[C@H](CO)[C@H](O)[C@H](O)[C@@H]5O)CC[C@]4(C)[C@H]3CC[C@]12C. The van der Waals surface area contributed by atoms with Crippen LogP contribution in [-0.2, 0) is 9.47 Å². The van der Waals surface area contributed by atoms with Gasteiger partial charge in [-0.25, -0.2) is 0 Å². The quantitative estimate of drug-likeness (QED) is 0.253. The van der Waals surface area contributed by atoms with Crippen LogP contribution in [0.15, 0.2) is 11.3 Å². The first kappa shape index (κ1) is 31.7. The van der Waals surface area contributed by atoms with Crippen LogP contribution in [0.2, 0.25) is 0 Å². The highest BCUT2D eigenvalue weighted by Gasteiger charge is 2.63. The van der Waals surface area contributed by atoms with Crippen molar-refractivity contribution < 1.29 is 40.1 Å². The van der Waals surface area contributed by atoms with E-state index in [9.17, 15) is 30.6 Å². The summed E-state index contributed by atoms with van der Waals surface area (Å²) >= 11 is 0. The molecule has 1 aliphatic heterocycles. The van der Waals surface area contributed by atoms with Gasteiger partial charge in [0.05, 0.1) is 12.7 Å². The second kappa shape index (κ2) is 12.0. The van der Waals surface area contributed by atoms with E-state index in [1.807, 2.05) is 0 Å². The van der Waals surface area contributed by atoms with Crippen LogP contribution < -0.4 is 0 Å². The van der Waals surface area contributed by atoms with Crippen molar-refractivity contribution in [3.8, 4) is 0 Å². The van der Waals surface area contributed by atoms with Gasteiger partial charge < -0.3 is 40.1 Å². The lowest BCUT2D eigenvalue weighted by molar-refractivity contribution is -0.313. The van der Waals surface area contributed by atoms with E-state index in [1.54, 1.807) is 0 Å². The smallest absolute Gasteiger partial charge is 0.186 e. The van der Waals surface area contributed by atoms with Gasteiger partial charge in [0.25, 0.3) is 0 Å². The first-order valence-electron chi connectivity index (χ1n) is 16.4. The molecule has 0 aromatic carbocycles. The van der Waals surface area contributed by atoms with Crippen LogP contribution in [0.3, 0.4) is 0 Å². The molecule has 0 spiro atoms. The molecule has 0 aromatic heterocycles. The Morgan fingerprint density at radius 1 is 0.902 bits per heavy atom. The summed E-state index contributed by atoms with van der Waals surface area (Å²) in [5.74, 6) is 2.93. The first-order chi connectivity index (χ1) is 19.3. The van der Waals surface area contributed by atoms with Crippen LogP contribution >= 0.6 is 0 Å². The molecule has 4 fully saturated rings. The summed E-state index contributed by atoms with van der Waals surface area (Å²) in [7, 11) is 0. The Labute approximate surface area is 246 Å². The van der Waals surface area contributed by atoms with Crippen LogP contribution in [-0.4, -0.2) is 80.2 Å². The summed E-state index contributed by atoms with van der Waals surface area (Å²) in [5, 5.41) is 63.6. The third-order valence-electron chi connectivity index (χ3n) is 12.6. The van der Waals surface area contributed by atoms with Crippen LogP contribution in [0.5, 0.6) is 0 Å². The summed E-state index contributed by atoms with van der Waals surface area (Å²) in [4.78, 5) is 0. The zero-order valence-corrected chi connectivity index (χ0v) is 25.8. The Balaban J connectivity index is 1.31. The number of fused-ring (bicyclic) bond motifs is 5. The molecule has 0 radical (unpaired) electrons. The van der Waals surface area contributed by atoms with E-state index in [0.29, 0.717) is 36.5 Å². The fourth-order valence-corrected chi connectivity index (χ4v) is 10.2. The molecule has 14 atom stereocenters. The van der Waals surface area contributed by atoms with Crippen molar-refractivity contribution in [1.29, 1.82) is 0 Å². The van der Waals surface area contributed by atoms with Gasteiger partial charge in [-0.05, 0) is 96.9 Å². The summed E-state index contributed by atoms with van der Waals surface area (Å²) in [6, 6.07) is 0. The average Bonchev–Trinajstić information content (AvgIpc) is 3.29. The van der Waals surface area contributed by atoms with E-state index in [2.05, 4.69) is 34.6 Å². The van der Waals surface area contributed by atoms with Gasteiger partial charge in [-0.2, -0.15) is 0 Å². The molecule has 236 valence electrons. The third kappa shape index (κ3) is 5.42. The van der Waals surface area contributed by atoms with E-state index in [0.717, 1.165) is 30.8 Å². The third-order valence-corrected chi connectivity index (χ3v) is 12.6. The number of ether oxygens (including phenoxy) is 2. The van der Waals surface area contributed by atoms with Gasteiger partial charge in [-0.3, -0.25) is 0 Å². The lowest BCUT2D eigenvalue weighted by Gasteiger charge is -2.60. The van der Waals surface area contributed by atoms with Crippen molar-refractivity contribution in [2.45, 2.75) is 142 Å². The molecular weight excluding hydrogens is 524 g/mol. The molecule has 8 nitrogen and oxygen atoms in total. The van der Waals surface area contributed by atoms with Gasteiger partial charge in [0, 0.05) is 0 Å². The minimum absolute atomic E-state index is 0.0540. The molecule has 1 saturated heterocycles. The fraction of sp³-hybridized carbons (Fsp3) is 0.939. The van der Waals surface area contributed by atoms with Gasteiger partial charge in [-0.15, -0.1) is 0 Å². The fourth-order valence-electron chi connectivity index (χ4n) is 10.2. The lowest BCUT2D eigenvalue weighted by atomic mass is 9.46. The van der Waals surface area contributed by atoms with Crippen molar-refractivity contribution in [2.24, 2.45) is 46.3 Å². The Morgan fingerprint density at radius 2 is 1.63 bits per heavy atom. The van der Waals surface area contributed by atoms with E-state index in [1.165, 1.54) is 32.1 Å². The normalized spacial score (nSPS) is 49.0. The molecule has 1 heterocycles. The van der Waals surface area contributed by atoms with E-state index < -0.39 is 43.4 Å². The van der Waals surface area contributed by atoms with Crippen LogP contribution in [0.25, 0.3) is 0 Å². The molecule has 5 rings (SSSR count). The number of hydrogen-bond donors (Lipinski definition) is 6. The first-order valence-corrected chi connectivity index (χ1v) is 16.4. The Kier molecular flexibility index (Phi) is 9.26. The summed E-state index contributed by atoms with van der Waals surface area (Å²) in [5.41, 5.74) is 0.815. The number of hydrogen-bond acceptors (Lipinski definition) is 8. The second-order valence-corrected chi connectivity index (χ2v) is 15.2. The standard InChI is InChI=1S/C33H56O8/c1-17(2)7-6-8-18(3)20-9-10-21-25-22(12-14-32(20,21)4)33(5)13-11-19(15-23(33)26(35)28(25)37)40-31-30(39)29(38)27(36)24(16-34)41-31/h17-22,24-25,27-31,34-39H,6-16H2,1-5H3/t18-,19+,20-,21+,22+,24-,25+,27+,28?,29+,30+,31+,32-,33-/m1/s1. The molecule has 0 amide bonds. The highest BCUT2D eigenvalue weighted by atomic mass is 16.7. The minimum atomic E-state index is -1.49. The second-order valence-electron chi connectivity index (χ2n) is 15.2. The lowest BCUT2D eigenvalue weighted by Crippen LogP contribution is -2.60. The number of aliphatic hydroxyl groups is 6. The molecule has 0 bridgehead atoms. The van der Waals surface area contributed by atoms with Gasteiger partial charge >= 0.3 is 0 Å². The van der Waals surface area contributed by atoms with Crippen molar-refractivity contribution in [3.63, 3.8) is 0 Å². The molecule has 0 aromatic rings. The largest absolute Gasteiger partial charge is 0.510 e. The monoisotopic (exact) mass is 580 g/mol. The van der Waals surface area contributed by atoms with Gasteiger partial charge in [0.2, 0.25) is 0 Å². The topological polar surface area (TPSA) is 140 Å². The van der Waals surface area contributed by atoms with Crippen molar-refractivity contribution >= 4 is 0 Å². The summed E-state index contributed by atoms with van der Waals surface area (Å²) < 4.78 is 11.7. The number of rotatable bonds is 8. The Hall–Kier alpha value is -0.740. The predicted molar refractivity (Wildman–Crippen MR) is 155 cm³/mol. The summed E-state index contributed by atoms with van der Waals surface area (Å²) in [6.07, 6.45) is 2.40. The zero-order valence-electron chi connectivity index (χ0n) is 25.8. The highest BCUT2D eigenvalue weighted by Crippen LogP contribution is 2.68. The van der Waals surface area contributed by atoms with Gasteiger partial charge in [0.15, 0.2) is 6.29 Å². The number of aliphatic hydroxyl groups excluding tert-OH is 6. The van der Waals surface area contributed by atoms with E-state index in [-0.39, 0.29) is 28.6 Å². The van der Waals surface area contributed by atoms with Crippen LogP contribution in [0.4, 0.5) is 0 Å². The van der Waals surface area contributed by atoms with Gasteiger partial charge in [-0.1, -0.05) is 53.9 Å². The maximum absolute atomic E-state index is 11.7. The van der Waals surface area contributed by atoms with Crippen molar-refractivity contribution in [1.82, 2.24) is 0 Å². The molecule has 4 aliphatic carbocycles. The molecule has 1 unspecified atom stereocenters. The van der Waals surface area contributed by atoms with Crippen LogP contribution in [0, 0.1) is 46.3 Å². The minimum Gasteiger partial charge on any atom is -0.510 e. The predicted octanol–water partition coefficient (Wildman–Crippen LogP) is 4.07. The Bertz CT molecular complexity index is 952. The molecule has 3 saturated carbocycles. The van der Waals surface area contributed by atoms with Crippen molar-refractivity contribution in [3.05, 3.63) is 11.3 Å². The van der Waals surface area contributed by atoms with Crippen molar-refractivity contribution in [2.75, 3.05) is 6.61 Å². The van der Waals surface area contributed by atoms with E-state index >= 15 is 0 Å². The average molecular weight is 581 g/mol. The summed E-state index contributed by atoms with van der Waals surface area (Å²) in [6.45, 7) is 11.3. The molecule has 6 N–H and O–H groups in total. The highest BCUT2D eigenvalue weighted by molar-refractivity contribution is 5.31. The zero-order chi connectivity index (χ0) is 29.9. The van der Waals surface area contributed by atoms with Crippen LogP contribution in [0.1, 0.15) is 98.8 Å². The molecular formula is C33H56O8. The van der Waals surface area contributed by atoms with Gasteiger partial charge in [0.1, 0.15) is 36.3 Å². The molecule has 5 aliphatic rings. The Morgan fingerprint density at radius 3 is 2.32 bits per heavy atom. The maximum Gasteiger partial charge on any atom is 0.186 e. The molecule has 41 heavy (non-hydrogen) atoms. The van der Waals surface area contributed by atoms with E-state index in [4.69, 9.17) is 9.47 Å². The maximum atomic E-state index is 11.7.